The van der Waals surface area contributed by atoms with Crippen molar-refractivity contribution in [2.75, 3.05) is 26.4 Å². The fourth-order valence-corrected chi connectivity index (χ4v) is 3.31. The molecule has 0 bridgehead atoms. The molecule has 0 saturated carbocycles. The zero-order valence-electron chi connectivity index (χ0n) is 15.1. The van der Waals surface area contributed by atoms with Crippen molar-refractivity contribution in [2.45, 2.75) is 63.4 Å². The third-order valence-electron chi connectivity index (χ3n) is 3.78. The molecule has 0 aliphatic heterocycles. The third-order valence-corrected chi connectivity index (χ3v) is 4.63. The van der Waals surface area contributed by atoms with Crippen LogP contribution in [0.15, 0.2) is 9.95 Å². The number of thioether (sulfide) groups is 1. The lowest BCUT2D eigenvalue weighted by atomic mass is 10.1. The van der Waals surface area contributed by atoms with Gasteiger partial charge < -0.3 is 15.0 Å². The summed E-state index contributed by atoms with van der Waals surface area (Å²) in [7, 11) is 4.00. The van der Waals surface area contributed by atoms with E-state index in [-0.39, 0.29) is 23.8 Å². The van der Waals surface area contributed by atoms with Crippen molar-refractivity contribution in [2.24, 2.45) is 0 Å². The maximum absolute atomic E-state index is 12.1. The molecule has 7 heteroatoms. The average molecular weight is 378 g/mol. The van der Waals surface area contributed by atoms with Crippen LogP contribution in [0.3, 0.4) is 0 Å². The second kappa shape index (κ2) is 13.6. The summed E-state index contributed by atoms with van der Waals surface area (Å²) in [5.41, 5.74) is 0.228. The quantitative estimate of drug-likeness (QED) is 0.329. The number of aromatic hydroxyl groups is 1. The van der Waals surface area contributed by atoms with Crippen molar-refractivity contribution in [3.8, 4) is 5.88 Å². The Kier molecular flexibility index (Phi) is 13.2. The first-order valence-corrected chi connectivity index (χ1v) is 9.62. The topological polar surface area (TPSA) is 69.2 Å². The van der Waals surface area contributed by atoms with Crippen LogP contribution in [0.4, 0.5) is 0 Å². The van der Waals surface area contributed by atoms with E-state index in [4.69, 9.17) is 0 Å². The zero-order chi connectivity index (χ0) is 17.1. The van der Waals surface area contributed by atoms with Crippen LogP contribution in [0.1, 0.15) is 57.4 Å². The predicted octanol–water partition coefficient (Wildman–Crippen LogP) is 3.84. The fourth-order valence-electron chi connectivity index (χ4n) is 2.34. The van der Waals surface area contributed by atoms with Crippen LogP contribution in [-0.2, 0) is 6.42 Å². The monoisotopic (exact) mass is 377 g/mol. The van der Waals surface area contributed by atoms with Crippen molar-refractivity contribution >= 4 is 24.2 Å². The number of rotatable bonds is 12. The number of nitrogens with zero attached hydrogens (tertiary/aromatic N) is 2. The fraction of sp³-hybridized carbons (Fsp3) is 0.765. The SMILES string of the molecule is CCCCCCCCCc1c(O)nc(SCCN(C)C)[nH]c1=O.Cl. The molecular weight excluding hydrogens is 346 g/mol. The lowest BCUT2D eigenvalue weighted by Gasteiger charge is -2.09. The second-order valence-electron chi connectivity index (χ2n) is 6.20. The summed E-state index contributed by atoms with van der Waals surface area (Å²) in [5.74, 6) is 0.721. The first-order chi connectivity index (χ1) is 11.0. The predicted molar refractivity (Wildman–Crippen MR) is 105 cm³/mol. The number of halogens is 1. The summed E-state index contributed by atoms with van der Waals surface area (Å²) in [6.07, 6.45) is 8.94. The van der Waals surface area contributed by atoms with E-state index in [1.165, 1.54) is 43.9 Å². The third kappa shape index (κ3) is 9.55. The van der Waals surface area contributed by atoms with Gasteiger partial charge in [-0.15, -0.1) is 12.4 Å². The van der Waals surface area contributed by atoms with Gasteiger partial charge in [-0.1, -0.05) is 57.2 Å². The minimum absolute atomic E-state index is 0. The smallest absolute Gasteiger partial charge is 0.258 e. The van der Waals surface area contributed by atoms with Gasteiger partial charge in [-0.3, -0.25) is 4.79 Å². The average Bonchev–Trinajstić information content (AvgIpc) is 2.48. The molecule has 0 amide bonds. The van der Waals surface area contributed by atoms with Crippen molar-refractivity contribution in [3.05, 3.63) is 15.9 Å². The number of hydrogen-bond donors (Lipinski definition) is 2. The highest BCUT2D eigenvalue weighted by Crippen LogP contribution is 2.18. The van der Waals surface area contributed by atoms with Gasteiger partial charge in [0.1, 0.15) is 0 Å². The van der Waals surface area contributed by atoms with Crippen LogP contribution in [-0.4, -0.2) is 46.4 Å². The Hall–Kier alpha value is -0.720. The Bertz CT molecular complexity index is 509. The zero-order valence-corrected chi connectivity index (χ0v) is 16.8. The Labute approximate surface area is 156 Å². The van der Waals surface area contributed by atoms with E-state index in [1.807, 2.05) is 14.1 Å². The number of aromatic nitrogens is 2. The molecule has 5 nitrogen and oxygen atoms in total. The Morgan fingerprint density at radius 2 is 1.75 bits per heavy atom. The highest BCUT2D eigenvalue weighted by molar-refractivity contribution is 7.99. The summed E-state index contributed by atoms with van der Waals surface area (Å²) in [6.45, 7) is 3.11. The second-order valence-corrected chi connectivity index (χ2v) is 7.28. The summed E-state index contributed by atoms with van der Waals surface area (Å²) in [6, 6.07) is 0. The largest absolute Gasteiger partial charge is 0.493 e. The molecule has 0 spiro atoms. The normalized spacial score (nSPS) is 10.8. The van der Waals surface area contributed by atoms with Crippen LogP contribution >= 0.6 is 24.2 Å². The van der Waals surface area contributed by atoms with Crippen LogP contribution in [0.5, 0.6) is 5.88 Å². The number of nitrogens with one attached hydrogen (secondary N) is 1. The summed E-state index contributed by atoms with van der Waals surface area (Å²) in [5, 5.41) is 10.5. The lowest BCUT2D eigenvalue weighted by Crippen LogP contribution is -2.17. The molecule has 0 fully saturated rings. The highest BCUT2D eigenvalue weighted by atomic mass is 35.5. The van der Waals surface area contributed by atoms with Crippen molar-refractivity contribution < 1.29 is 5.11 Å². The molecule has 0 atom stereocenters. The molecule has 0 aliphatic carbocycles. The molecule has 0 saturated heterocycles. The molecule has 0 unspecified atom stereocenters. The molecule has 0 aliphatic rings. The van der Waals surface area contributed by atoms with Gasteiger partial charge in [-0.25, -0.2) is 0 Å². The summed E-state index contributed by atoms with van der Waals surface area (Å²) >= 11 is 1.46. The molecular formula is C17H32ClN3O2S. The molecule has 1 heterocycles. The summed E-state index contributed by atoms with van der Waals surface area (Å²) < 4.78 is 0. The first-order valence-electron chi connectivity index (χ1n) is 8.64. The minimum Gasteiger partial charge on any atom is -0.493 e. The van der Waals surface area contributed by atoms with Gasteiger partial charge in [0.05, 0.1) is 5.56 Å². The highest BCUT2D eigenvalue weighted by Gasteiger charge is 2.10. The number of H-pyrrole nitrogens is 1. The standard InChI is InChI=1S/C17H31N3O2S.ClH/c1-4-5-6-7-8-9-10-11-14-15(21)18-17(19-16(14)22)23-13-12-20(2)3;/h4-13H2,1-3H3,(H2,18,19,21,22);1H. The van der Waals surface area contributed by atoms with Crippen molar-refractivity contribution in [1.82, 2.24) is 14.9 Å². The maximum atomic E-state index is 12.1. The van der Waals surface area contributed by atoms with E-state index in [0.29, 0.717) is 17.1 Å². The molecule has 24 heavy (non-hydrogen) atoms. The van der Waals surface area contributed by atoms with Crippen molar-refractivity contribution in [3.63, 3.8) is 0 Å². The van der Waals surface area contributed by atoms with Gasteiger partial charge in [0, 0.05) is 12.3 Å². The van der Waals surface area contributed by atoms with E-state index in [9.17, 15) is 9.90 Å². The number of unbranched alkanes of at least 4 members (excludes halogenated alkanes) is 6. The minimum atomic E-state index is -0.198. The van der Waals surface area contributed by atoms with E-state index >= 15 is 0 Å². The number of hydrogen-bond acceptors (Lipinski definition) is 5. The maximum Gasteiger partial charge on any atom is 0.258 e. The Morgan fingerprint density at radius 3 is 2.33 bits per heavy atom. The number of aromatic amines is 1. The Morgan fingerprint density at radius 1 is 1.12 bits per heavy atom. The van der Waals surface area contributed by atoms with E-state index in [2.05, 4.69) is 21.8 Å². The van der Waals surface area contributed by atoms with Crippen LogP contribution in [0.2, 0.25) is 0 Å². The van der Waals surface area contributed by atoms with Crippen LogP contribution in [0, 0.1) is 0 Å². The molecule has 0 radical (unpaired) electrons. The van der Waals surface area contributed by atoms with Crippen LogP contribution < -0.4 is 5.56 Å². The van der Waals surface area contributed by atoms with E-state index in [1.54, 1.807) is 0 Å². The lowest BCUT2D eigenvalue weighted by molar-refractivity contribution is 0.432. The van der Waals surface area contributed by atoms with Gasteiger partial charge in [0.15, 0.2) is 5.16 Å². The Balaban J connectivity index is 0.00000529. The van der Waals surface area contributed by atoms with Gasteiger partial charge in [0.2, 0.25) is 5.88 Å². The first kappa shape index (κ1) is 23.3. The van der Waals surface area contributed by atoms with Gasteiger partial charge >= 0.3 is 0 Å². The molecule has 0 aromatic carbocycles. The van der Waals surface area contributed by atoms with Gasteiger partial charge in [0.25, 0.3) is 5.56 Å². The molecule has 1 aromatic rings. The van der Waals surface area contributed by atoms with E-state index in [0.717, 1.165) is 25.1 Å². The van der Waals surface area contributed by atoms with E-state index < -0.39 is 0 Å². The van der Waals surface area contributed by atoms with Gasteiger partial charge in [-0.05, 0) is 26.9 Å². The molecule has 140 valence electrons. The molecule has 1 aromatic heterocycles. The summed E-state index contributed by atoms with van der Waals surface area (Å²) in [4.78, 5) is 21.0. The van der Waals surface area contributed by atoms with Crippen molar-refractivity contribution in [1.29, 1.82) is 0 Å². The molecule has 2 N–H and O–H groups in total. The van der Waals surface area contributed by atoms with Crippen LogP contribution in [0.25, 0.3) is 0 Å². The molecule has 1 rings (SSSR count). The van der Waals surface area contributed by atoms with Gasteiger partial charge in [-0.2, -0.15) is 4.98 Å².